The summed E-state index contributed by atoms with van der Waals surface area (Å²) in [4.78, 5) is 91.2. The smallest absolute Gasteiger partial charge is 0.307 e. The van der Waals surface area contributed by atoms with E-state index in [1.807, 2.05) is 117 Å². The van der Waals surface area contributed by atoms with Crippen molar-refractivity contribution in [2.24, 2.45) is 5.73 Å². The molecule has 10 N–H and O–H groups in total. The van der Waals surface area contributed by atoms with Gasteiger partial charge in [0.2, 0.25) is 0 Å². The summed E-state index contributed by atoms with van der Waals surface area (Å²) in [5, 5.41) is 17.6. The van der Waals surface area contributed by atoms with Crippen molar-refractivity contribution in [1.82, 2.24) is 15.7 Å². The van der Waals surface area contributed by atoms with Crippen LogP contribution in [0.1, 0.15) is 105 Å². The fourth-order valence-corrected chi connectivity index (χ4v) is 11.1. The molecule has 0 saturated carbocycles. The van der Waals surface area contributed by atoms with Gasteiger partial charge in [0.05, 0.1) is 82.1 Å². The number of esters is 3. The molecule has 4 aromatic rings. The van der Waals surface area contributed by atoms with Crippen molar-refractivity contribution in [2.75, 3.05) is 110 Å². The lowest BCUT2D eigenvalue weighted by Gasteiger charge is -2.26. The number of hydrogen-bond donors (Lipinski definition) is 7. The molecule has 0 unspecified atom stereocenters. The summed E-state index contributed by atoms with van der Waals surface area (Å²) in [5.74, 6) is 3.18. The van der Waals surface area contributed by atoms with Crippen molar-refractivity contribution in [3.05, 3.63) is 93.1 Å². The van der Waals surface area contributed by atoms with Crippen LogP contribution in [0.3, 0.4) is 0 Å². The molecule has 103 heavy (non-hydrogen) atoms. The number of carbonyl (C=O) groups is 8. The van der Waals surface area contributed by atoms with E-state index in [1.54, 1.807) is 46.6 Å². The van der Waals surface area contributed by atoms with Crippen molar-refractivity contribution >= 4 is 197 Å². The van der Waals surface area contributed by atoms with Gasteiger partial charge in [0.1, 0.15) is 46.1 Å². The number of benzene rings is 4. The number of halogens is 7. The summed E-state index contributed by atoms with van der Waals surface area (Å²) in [7, 11) is 10.3. The third-order valence-corrected chi connectivity index (χ3v) is 15.7. The molecule has 0 aliphatic rings. The van der Waals surface area contributed by atoms with Gasteiger partial charge in [-0.15, -0.1) is 58.0 Å². The van der Waals surface area contributed by atoms with Crippen LogP contribution in [0.2, 0.25) is 0 Å². The molecule has 4 aromatic carbocycles. The van der Waals surface area contributed by atoms with Gasteiger partial charge in [-0.25, -0.2) is 0 Å². The molecule has 0 aliphatic carbocycles. The first kappa shape index (κ1) is 99.8. The quantitative estimate of drug-likeness (QED) is 0.00415. The van der Waals surface area contributed by atoms with Crippen LogP contribution in [0, 0.1) is 3.57 Å². The summed E-state index contributed by atoms with van der Waals surface area (Å²) < 4.78 is 38.9. The van der Waals surface area contributed by atoms with Gasteiger partial charge in [-0.1, -0.05) is 22.6 Å². The van der Waals surface area contributed by atoms with Crippen LogP contribution in [0.5, 0.6) is 23.0 Å². The van der Waals surface area contributed by atoms with Gasteiger partial charge in [0, 0.05) is 101 Å². The number of ether oxygens (including phenoxy) is 7. The van der Waals surface area contributed by atoms with Crippen molar-refractivity contribution < 1.29 is 76.6 Å². The fourth-order valence-electron chi connectivity index (χ4n) is 8.96. The number of nitrogen functional groups attached to an aromatic ring is 2. The number of nitrogens with zero attached hydrogens (tertiary/aromatic N) is 2. The van der Waals surface area contributed by atoms with Crippen LogP contribution in [-0.2, 0) is 71.8 Å². The number of carbonyl (C=O) groups excluding carboxylic acids is 7. The number of aliphatic carboxylic acids is 1. The number of alkyl halides is 6. The average Bonchev–Trinajstić information content (AvgIpc) is 0.846. The maximum absolute atomic E-state index is 12.3. The van der Waals surface area contributed by atoms with E-state index in [-0.39, 0.29) is 67.6 Å². The molecule has 0 heterocycles. The minimum Gasteiger partial charge on any atom is -0.496 e. The number of methoxy groups -OCH3 is 4. The summed E-state index contributed by atoms with van der Waals surface area (Å²) in [6.45, 7) is 19.1. The van der Waals surface area contributed by atoms with E-state index in [0.29, 0.717) is 117 Å². The Labute approximate surface area is 663 Å². The zero-order chi connectivity index (χ0) is 78.7. The minimum atomic E-state index is -0.909. The standard InChI is InChI=1S/C20H30BCl2N2O4.C16H24BN2O4.C15H22Cl2N2O3.C9H16BINO3.C7H8INO.C2H3ClO/c1-20(2,3)29-19(27)13-16(24-21-14-26)11-15-12-17(5-6-18(15)28-4)25(9-7-22)10-8-23;1-16(2,3)23-15(21)9-13(19-17-10-20)8-11-7-12(18)5-6-14(11)22-4;1-22-14-3-2-13(19(6-4-16)7-5-17)9-11(14)8-12(18)10-15(20)21;1-9(2,3)15-8(14)4-7(5-11)12-10-6-13;1-10-7-3-2-5(9)4-6(7)8;3-1-2-4/h5-6,12,14,16,24H,7-11,13H2,1-4H3;5-7,10,13,19H,8-9,18H2,1-4H3;2-3,9,12H,4-8,10,18H2,1H3,(H,20,21);6-7,12H,4-5H2,1-3H3;2-4H,9H2,1H3;2H,1H2/t16-;13-;12-;7-;;/m0001../s1. The van der Waals surface area contributed by atoms with Crippen molar-refractivity contribution in [2.45, 2.75) is 148 Å². The second kappa shape index (κ2) is 57.0. The molecular weight excluding hydrogens is 1660 g/mol. The summed E-state index contributed by atoms with van der Waals surface area (Å²) in [6, 6.07) is 21.3. The van der Waals surface area contributed by atoms with E-state index in [1.165, 1.54) is 22.2 Å². The van der Waals surface area contributed by atoms with Gasteiger partial charge in [-0.05, 0) is 194 Å². The molecule has 0 bridgehead atoms. The zero-order valence-corrected chi connectivity index (χ0v) is 69.2. The Hall–Kier alpha value is -5.22. The van der Waals surface area contributed by atoms with Gasteiger partial charge in [-0.2, -0.15) is 0 Å². The van der Waals surface area contributed by atoms with Crippen LogP contribution in [0.15, 0.2) is 72.8 Å². The first-order valence-electron chi connectivity index (χ1n) is 32.4. The van der Waals surface area contributed by atoms with Crippen LogP contribution >= 0.6 is 103 Å². The van der Waals surface area contributed by atoms with E-state index >= 15 is 0 Å². The summed E-state index contributed by atoms with van der Waals surface area (Å²) in [5.41, 5.74) is 21.6. The van der Waals surface area contributed by atoms with Gasteiger partial charge in [0.25, 0.3) is 22.2 Å². The number of nitrogens with one attached hydrogen (secondary N) is 3. The first-order valence-corrected chi connectivity index (χ1v) is 37.7. The molecule has 0 spiro atoms. The Kier molecular flexibility index (Phi) is 55.3. The zero-order valence-electron chi connectivity index (χ0n) is 61.1. The highest BCUT2D eigenvalue weighted by Gasteiger charge is 2.25. The maximum atomic E-state index is 12.3. The predicted octanol–water partition coefficient (Wildman–Crippen LogP) is 9.89. The van der Waals surface area contributed by atoms with E-state index in [2.05, 4.69) is 70.7 Å². The highest BCUT2D eigenvalue weighted by Crippen LogP contribution is 2.30. The van der Waals surface area contributed by atoms with Gasteiger partial charge < -0.3 is 100 Å². The number of hydrogen-bond acceptors (Lipinski definition) is 23. The summed E-state index contributed by atoms with van der Waals surface area (Å²) in [6.07, 6.45) is 4.38. The Morgan fingerprint density at radius 2 is 0.816 bits per heavy atom. The highest BCUT2D eigenvalue weighted by molar-refractivity contribution is 14.1. The molecule has 34 heteroatoms. The molecule has 0 aromatic heterocycles. The van der Waals surface area contributed by atoms with E-state index < -0.39 is 28.8 Å². The Morgan fingerprint density at radius 1 is 0.505 bits per heavy atom. The largest absolute Gasteiger partial charge is 0.496 e. The third kappa shape index (κ3) is 49.3. The monoisotopic (exact) mass is 1760 g/mol. The topological polar surface area (TPSA) is 342 Å². The number of carboxylic acid groups (broad SMARTS) is 1. The van der Waals surface area contributed by atoms with Crippen LogP contribution in [0.25, 0.3) is 0 Å². The highest BCUT2D eigenvalue weighted by atomic mass is 127. The molecule has 0 amide bonds. The van der Waals surface area contributed by atoms with E-state index in [0.717, 1.165) is 47.5 Å². The summed E-state index contributed by atoms with van der Waals surface area (Å²) >= 11 is 32.7. The van der Waals surface area contributed by atoms with Crippen molar-refractivity contribution in [3.8, 4) is 23.0 Å². The number of nitrogens with two attached hydrogens (primary N) is 3. The maximum Gasteiger partial charge on any atom is 0.307 e. The van der Waals surface area contributed by atoms with Crippen LogP contribution in [-0.4, -0.2) is 205 Å². The van der Waals surface area contributed by atoms with E-state index in [4.69, 9.17) is 118 Å². The molecule has 0 fully saturated rings. The van der Waals surface area contributed by atoms with Gasteiger partial charge >= 0.3 is 23.9 Å². The Balaban J connectivity index is 0. The molecule has 3 radical (unpaired) electrons. The second-order valence-electron chi connectivity index (χ2n) is 25.0. The van der Waals surface area contributed by atoms with Crippen molar-refractivity contribution in [1.29, 1.82) is 0 Å². The SMILES string of the molecule is CC(C)(C)OC(=O)C[C@H](CI)N[B]C=O.COc1ccc(N(CCCl)CCCl)cc1C[C@@H](CC(=O)OC(C)(C)C)N[B]C=O.COc1ccc(N(CCCl)CCCl)cc1C[C@H](N)CC(=O)O.COc1ccc(N)cc1C[C@@H](CC(=O)OC(C)(C)C)N[B]C=O.COc1ccc(N)cc1I.O=CCCl. The molecule has 4 rings (SSSR count). The Morgan fingerprint density at radius 3 is 1.12 bits per heavy atom. The molecule has 0 aliphatic heterocycles. The van der Waals surface area contributed by atoms with Crippen LogP contribution in [0.4, 0.5) is 22.7 Å². The lowest BCUT2D eigenvalue weighted by atomic mass is 9.92. The third-order valence-electron chi connectivity index (χ3n) is 13.0. The van der Waals surface area contributed by atoms with Gasteiger partial charge in [0.15, 0.2) is 0 Å². The number of rotatable bonds is 39. The number of aldehydes is 1. The normalized spacial score (nSPS) is 11.8. The lowest BCUT2D eigenvalue weighted by molar-refractivity contribution is -0.156. The molecule has 4 atom stereocenters. The Bertz CT molecular complexity index is 3100. The fraction of sp³-hybridized carbons (Fsp3) is 0.536. The predicted molar refractivity (Wildman–Crippen MR) is 438 cm³/mol. The van der Waals surface area contributed by atoms with Gasteiger partial charge in [-0.3, -0.25) is 19.2 Å². The number of carboxylic acids is 1. The first-order chi connectivity index (χ1) is 48.5. The molecule has 0 saturated heterocycles. The van der Waals surface area contributed by atoms with Crippen LogP contribution < -0.4 is 61.6 Å². The van der Waals surface area contributed by atoms with Crippen molar-refractivity contribution in [3.63, 3.8) is 0 Å². The molecular formula is C69H103B3Cl5I2N8O16. The molecule has 573 valence electrons. The second-order valence-corrected chi connectivity index (χ2v) is 28.9. The number of anilines is 4. The average molecular weight is 1760 g/mol. The van der Waals surface area contributed by atoms with E-state index in [9.17, 15) is 33.6 Å². The lowest BCUT2D eigenvalue weighted by Crippen LogP contribution is -2.38. The molecule has 24 nitrogen and oxygen atoms in total. The minimum absolute atomic E-state index is 0.0503.